The van der Waals surface area contributed by atoms with Crippen LogP contribution in [-0.4, -0.2) is 70.3 Å². The Morgan fingerprint density at radius 3 is 2.18 bits per heavy atom. The highest BCUT2D eigenvalue weighted by Gasteiger charge is 2.30. The summed E-state index contributed by atoms with van der Waals surface area (Å²) in [7, 11) is 5.73. The lowest BCUT2D eigenvalue weighted by Gasteiger charge is -2.35. The van der Waals surface area contributed by atoms with Gasteiger partial charge in [-0.25, -0.2) is 5.43 Å². The third-order valence-electron chi connectivity index (χ3n) is 7.27. The van der Waals surface area contributed by atoms with E-state index in [9.17, 15) is 0 Å². The van der Waals surface area contributed by atoms with Crippen molar-refractivity contribution in [1.29, 1.82) is 0 Å². The van der Waals surface area contributed by atoms with Crippen LogP contribution in [0, 0.1) is 11.8 Å². The summed E-state index contributed by atoms with van der Waals surface area (Å²) >= 11 is 0. The highest BCUT2D eigenvalue weighted by atomic mass is 16.5. The van der Waals surface area contributed by atoms with Gasteiger partial charge in [-0.15, -0.1) is 0 Å². The number of nitrogens with one attached hydrogen (secondary N) is 2. The fourth-order valence-electron chi connectivity index (χ4n) is 5.26. The highest BCUT2D eigenvalue weighted by Crippen LogP contribution is 2.28. The minimum absolute atomic E-state index is 0.346. The fraction of sp³-hybridized carbons (Fsp3) is 0.556. The zero-order valence-corrected chi connectivity index (χ0v) is 20.4. The summed E-state index contributed by atoms with van der Waals surface area (Å²) in [6.07, 6.45) is 3.72. The molecule has 0 saturated carbocycles. The zero-order valence-electron chi connectivity index (χ0n) is 20.4. The van der Waals surface area contributed by atoms with Gasteiger partial charge < -0.3 is 19.3 Å². The van der Waals surface area contributed by atoms with E-state index in [0.717, 1.165) is 43.5 Å². The van der Waals surface area contributed by atoms with Crippen molar-refractivity contribution < 1.29 is 9.47 Å². The Kier molecular flexibility index (Phi) is 8.62. The molecule has 2 aromatic carbocycles. The van der Waals surface area contributed by atoms with Crippen LogP contribution in [0.5, 0.6) is 11.5 Å². The molecule has 2 unspecified atom stereocenters. The first-order chi connectivity index (χ1) is 16.1. The number of likely N-dealkylation sites (tertiary alicyclic amines) is 1. The van der Waals surface area contributed by atoms with Crippen molar-refractivity contribution >= 4 is 0 Å². The number of hydrogen-bond acceptors (Lipinski definition) is 6. The van der Waals surface area contributed by atoms with Gasteiger partial charge >= 0.3 is 0 Å². The molecule has 0 spiro atoms. The third-order valence-corrected chi connectivity index (χ3v) is 7.27. The molecule has 2 fully saturated rings. The Labute approximate surface area is 199 Å². The highest BCUT2D eigenvalue weighted by molar-refractivity contribution is 5.30. The van der Waals surface area contributed by atoms with Gasteiger partial charge in [0.15, 0.2) is 0 Å². The van der Waals surface area contributed by atoms with Crippen molar-refractivity contribution in [2.45, 2.75) is 25.3 Å². The number of methoxy groups -OCH3 is 2. The first-order valence-corrected chi connectivity index (χ1v) is 12.3. The summed E-state index contributed by atoms with van der Waals surface area (Å²) in [5.41, 5.74) is 9.57. The molecular formula is C27H40N4O2. The normalized spacial score (nSPS) is 22.1. The van der Waals surface area contributed by atoms with Crippen LogP contribution in [0.3, 0.4) is 0 Å². The van der Waals surface area contributed by atoms with Crippen LogP contribution in [0.25, 0.3) is 0 Å². The molecule has 0 aliphatic carbocycles. The number of benzene rings is 2. The van der Waals surface area contributed by atoms with Gasteiger partial charge in [0.2, 0.25) is 0 Å². The van der Waals surface area contributed by atoms with Gasteiger partial charge in [-0.05, 0) is 80.7 Å². The van der Waals surface area contributed by atoms with Crippen molar-refractivity contribution in [1.82, 2.24) is 20.7 Å². The Morgan fingerprint density at radius 1 is 0.909 bits per heavy atom. The van der Waals surface area contributed by atoms with E-state index < -0.39 is 0 Å². The average Bonchev–Trinajstić information content (AvgIpc) is 3.32. The van der Waals surface area contributed by atoms with Gasteiger partial charge in [-0.3, -0.25) is 5.43 Å². The van der Waals surface area contributed by atoms with Crippen LogP contribution in [0.2, 0.25) is 0 Å². The topological polar surface area (TPSA) is 49.0 Å². The first-order valence-electron chi connectivity index (χ1n) is 12.3. The lowest BCUT2D eigenvalue weighted by Crippen LogP contribution is -2.40. The summed E-state index contributed by atoms with van der Waals surface area (Å²) in [6.45, 7) is 6.89. The molecule has 2 aliphatic rings. The number of nitrogens with zero attached hydrogens (tertiary/aromatic N) is 2. The lowest BCUT2D eigenvalue weighted by molar-refractivity contribution is 0.147. The van der Waals surface area contributed by atoms with Crippen LogP contribution in [0.4, 0.5) is 0 Å². The van der Waals surface area contributed by atoms with Gasteiger partial charge in [0.1, 0.15) is 11.5 Å². The molecule has 0 amide bonds. The Bertz CT molecular complexity index is 834. The summed E-state index contributed by atoms with van der Waals surface area (Å²) in [5.74, 6) is 3.21. The van der Waals surface area contributed by atoms with E-state index in [-0.39, 0.29) is 0 Å². The molecule has 6 heteroatoms. The zero-order chi connectivity index (χ0) is 23.0. The molecule has 4 rings (SSSR count). The van der Waals surface area contributed by atoms with Crippen molar-refractivity contribution in [3.63, 3.8) is 0 Å². The Morgan fingerprint density at radius 2 is 1.55 bits per heavy atom. The van der Waals surface area contributed by atoms with Crippen LogP contribution >= 0.6 is 0 Å². The molecule has 2 heterocycles. The van der Waals surface area contributed by atoms with Crippen LogP contribution in [-0.2, 0) is 6.42 Å². The Hall–Kier alpha value is -2.12. The average molecular weight is 453 g/mol. The molecule has 0 radical (unpaired) electrons. The van der Waals surface area contributed by atoms with Gasteiger partial charge in [0.05, 0.1) is 20.3 Å². The monoisotopic (exact) mass is 452 g/mol. The predicted molar refractivity (Wildman–Crippen MR) is 134 cm³/mol. The molecule has 2 aliphatic heterocycles. The summed E-state index contributed by atoms with van der Waals surface area (Å²) in [5, 5.41) is 0. The van der Waals surface area contributed by atoms with Gasteiger partial charge in [0, 0.05) is 32.1 Å². The molecule has 180 valence electrons. The second-order valence-electron chi connectivity index (χ2n) is 9.64. The predicted octanol–water partition coefficient (Wildman–Crippen LogP) is 3.36. The van der Waals surface area contributed by atoms with E-state index in [2.05, 4.69) is 76.2 Å². The Balaban J connectivity index is 1.18. The number of piperidine rings is 1. The van der Waals surface area contributed by atoms with Crippen LogP contribution in [0.15, 0.2) is 48.5 Å². The molecular weight excluding hydrogens is 412 g/mol. The molecule has 0 aromatic heterocycles. The fourth-order valence-corrected chi connectivity index (χ4v) is 5.26. The maximum absolute atomic E-state index is 5.31. The molecule has 2 N–H and O–H groups in total. The molecule has 33 heavy (non-hydrogen) atoms. The van der Waals surface area contributed by atoms with Gasteiger partial charge in [-0.2, -0.15) is 0 Å². The van der Waals surface area contributed by atoms with E-state index in [1.165, 1.54) is 43.6 Å². The SMILES string of the molecule is COc1ccc(CCN2CCC(CN(C)CC3CNNC3c3ccc(OC)cc3)CC2)cc1. The first kappa shape index (κ1) is 24.0. The van der Waals surface area contributed by atoms with Crippen molar-refractivity contribution in [2.24, 2.45) is 11.8 Å². The van der Waals surface area contributed by atoms with Crippen LogP contribution in [0.1, 0.15) is 30.0 Å². The van der Waals surface area contributed by atoms with Crippen molar-refractivity contribution in [3.05, 3.63) is 59.7 Å². The molecule has 6 nitrogen and oxygen atoms in total. The number of hydrazine groups is 1. The largest absolute Gasteiger partial charge is 0.497 e. The minimum atomic E-state index is 0.346. The van der Waals surface area contributed by atoms with E-state index in [1.54, 1.807) is 14.2 Å². The third kappa shape index (κ3) is 6.70. The standard InChI is InChI=1S/C27H40N4O2/c1-30(20-24-18-28-29-27(24)23-6-10-26(33-3)11-7-23)19-22-13-16-31(17-14-22)15-12-21-4-8-25(32-2)9-5-21/h4-11,22,24,27-29H,12-20H2,1-3H3. The number of rotatable bonds is 10. The minimum Gasteiger partial charge on any atom is -0.497 e. The second kappa shape index (κ2) is 11.8. The van der Waals surface area contributed by atoms with Crippen molar-refractivity contribution in [3.8, 4) is 11.5 Å². The van der Waals surface area contributed by atoms with Gasteiger partial charge in [-0.1, -0.05) is 24.3 Å². The van der Waals surface area contributed by atoms with E-state index in [0.29, 0.717) is 12.0 Å². The van der Waals surface area contributed by atoms with E-state index in [4.69, 9.17) is 9.47 Å². The molecule has 2 atom stereocenters. The van der Waals surface area contributed by atoms with E-state index in [1.807, 2.05) is 0 Å². The van der Waals surface area contributed by atoms with Crippen molar-refractivity contribution in [2.75, 3.05) is 60.5 Å². The maximum Gasteiger partial charge on any atom is 0.118 e. The van der Waals surface area contributed by atoms with Gasteiger partial charge in [0.25, 0.3) is 0 Å². The summed E-state index contributed by atoms with van der Waals surface area (Å²) in [6, 6.07) is 17.3. The van der Waals surface area contributed by atoms with Crippen LogP contribution < -0.4 is 20.3 Å². The second-order valence-corrected chi connectivity index (χ2v) is 9.64. The summed E-state index contributed by atoms with van der Waals surface area (Å²) in [4.78, 5) is 5.18. The number of hydrogen-bond donors (Lipinski definition) is 2. The lowest BCUT2D eigenvalue weighted by atomic mass is 9.92. The van der Waals surface area contributed by atoms with E-state index >= 15 is 0 Å². The molecule has 0 bridgehead atoms. The summed E-state index contributed by atoms with van der Waals surface area (Å²) < 4.78 is 10.6. The quantitative estimate of drug-likeness (QED) is 0.577. The maximum atomic E-state index is 5.31. The molecule has 2 aromatic rings. The number of ether oxygens (including phenoxy) is 2. The smallest absolute Gasteiger partial charge is 0.118 e. The molecule has 2 saturated heterocycles.